The van der Waals surface area contributed by atoms with E-state index in [4.69, 9.17) is 18.9 Å². The number of hydrogen-bond acceptors (Lipinski definition) is 5. The number of carbonyl (C=O) groups excluding carboxylic acids is 1. The van der Waals surface area contributed by atoms with Crippen molar-refractivity contribution in [1.29, 1.82) is 0 Å². The van der Waals surface area contributed by atoms with E-state index in [1.54, 1.807) is 12.2 Å². The highest BCUT2D eigenvalue weighted by Crippen LogP contribution is 2.34. The highest BCUT2D eigenvalue weighted by atomic mass is 16.6. The second-order valence-electron chi connectivity index (χ2n) is 7.72. The highest BCUT2D eigenvalue weighted by Gasteiger charge is 2.21. The molecule has 30 heavy (non-hydrogen) atoms. The Morgan fingerprint density at radius 1 is 0.867 bits per heavy atom. The molecule has 1 atom stereocenters. The number of benzene rings is 2. The van der Waals surface area contributed by atoms with Crippen LogP contribution in [-0.2, 0) is 4.79 Å². The van der Waals surface area contributed by atoms with Gasteiger partial charge in [-0.1, -0.05) is 26.0 Å². The molecule has 6 nitrogen and oxygen atoms in total. The zero-order valence-electron chi connectivity index (χ0n) is 17.4. The molecule has 0 saturated heterocycles. The normalized spacial score (nSPS) is 16.2. The largest absolute Gasteiger partial charge is 0.490 e. The molecule has 0 spiro atoms. The Morgan fingerprint density at radius 3 is 2.27 bits per heavy atom. The van der Waals surface area contributed by atoms with Crippen LogP contribution in [0.25, 0.3) is 6.08 Å². The number of ether oxygens (including phenoxy) is 4. The molecule has 0 bridgehead atoms. The number of carbonyl (C=O) groups is 1. The number of nitrogens with one attached hydrogen (secondary N) is 1. The maximum atomic E-state index is 12.6. The first-order chi connectivity index (χ1) is 14.6. The van der Waals surface area contributed by atoms with Gasteiger partial charge in [0.05, 0.1) is 19.3 Å². The van der Waals surface area contributed by atoms with Gasteiger partial charge in [0.15, 0.2) is 23.0 Å². The maximum Gasteiger partial charge on any atom is 0.244 e. The molecule has 6 heteroatoms. The first-order valence-electron chi connectivity index (χ1n) is 10.4. The predicted octanol–water partition coefficient (Wildman–Crippen LogP) is 4.15. The van der Waals surface area contributed by atoms with Crippen LogP contribution in [0.3, 0.4) is 0 Å². The third kappa shape index (κ3) is 4.70. The molecule has 0 radical (unpaired) electrons. The van der Waals surface area contributed by atoms with E-state index in [0.29, 0.717) is 32.2 Å². The van der Waals surface area contributed by atoms with Crippen molar-refractivity contribution in [2.75, 3.05) is 26.4 Å². The molecular weight excluding hydrogens is 382 g/mol. The van der Waals surface area contributed by atoms with Crippen molar-refractivity contribution in [2.45, 2.75) is 26.3 Å². The molecule has 0 unspecified atom stereocenters. The van der Waals surface area contributed by atoms with Gasteiger partial charge in [-0.3, -0.25) is 4.79 Å². The second kappa shape index (κ2) is 9.11. The van der Waals surface area contributed by atoms with Crippen molar-refractivity contribution in [2.24, 2.45) is 5.92 Å². The minimum atomic E-state index is -0.157. The van der Waals surface area contributed by atoms with Gasteiger partial charge in [-0.15, -0.1) is 0 Å². The van der Waals surface area contributed by atoms with Gasteiger partial charge in [0, 0.05) is 12.5 Å². The first kappa shape index (κ1) is 20.1. The molecule has 2 aromatic carbocycles. The number of fused-ring (bicyclic) bond motifs is 2. The summed E-state index contributed by atoms with van der Waals surface area (Å²) in [5.74, 6) is 2.98. The third-order valence-electron chi connectivity index (χ3n) is 5.09. The summed E-state index contributed by atoms with van der Waals surface area (Å²) < 4.78 is 22.6. The van der Waals surface area contributed by atoms with Crippen molar-refractivity contribution >= 4 is 12.0 Å². The van der Waals surface area contributed by atoms with Crippen LogP contribution < -0.4 is 24.3 Å². The second-order valence-corrected chi connectivity index (χ2v) is 7.72. The van der Waals surface area contributed by atoms with Crippen molar-refractivity contribution in [3.63, 3.8) is 0 Å². The highest BCUT2D eigenvalue weighted by molar-refractivity contribution is 5.92. The van der Waals surface area contributed by atoms with Crippen LogP contribution in [0, 0.1) is 5.92 Å². The smallest absolute Gasteiger partial charge is 0.244 e. The van der Waals surface area contributed by atoms with Gasteiger partial charge in [0.25, 0.3) is 0 Å². The van der Waals surface area contributed by atoms with Gasteiger partial charge < -0.3 is 24.3 Å². The van der Waals surface area contributed by atoms with E-state index in [1.165, 1.54) is 0 Å². The Balaban J connectivity index is 1.45. The Kier molecular flexibility index (Phi) is 6.12. The predicted molar refractivity (Wildman–Crippen MR) is 114 cm³/mol. The lowest BCUT2D eigenvalue weighted by atomic mass is 9.95. The van der Waals surface area contributed by atoms with Crippen LogP contribution in [0.4, 0.5) is 0 Å². The summed E-state index contributed by atoms with van der Waals surface area (Å²) in [6, 6.07) is 11.4. The van der Waals surface area contributed by atoms with Gasteiger partial charge in [-0.2, -0.15) is 0 Å². The van der Waals surface area contributed by atoms with Gasteiger partial charge in [-0.05, 0) is 47.4 Å². The summed E-state index contributed by atoms with van der Waals surface area (Å²) in [5.41, 5.74) is 1.88. The molecule has 1 N–H and O–H groups in total. The summed E-state index contributed by atoms with van der Waals surface area (Å²) in [5, 5.41) is 3.10. The molecule has 2 aromatic rings. The Morgan fingerprint density at radius 2 is 1.50 bits per heavy atom. The minimum absolute atomic E-state index is 0.137. The molecule has 0 saturated carbocycles. The lowest BCUT2D eigenvalue weighted by Gasteiger charge is -2.25. The minimum Gasteiger partial charge on any atom is -0.490 e. The fourth-order valence-electron chi connectivity index (χ4n) is 3.55. The van der Waals surface area contributed by atoms with Crippen molar-refractivity contribution in [3.8, 4) is 23.0 Å². The summed E-state index contributed by atoms with van der Waals surface area (Å²) in [6.45, 7) is 6.53. The van der Waals surface area contributed by atoms with E-state index in [2.05, 4.69) is 19.2 Å². The zero-order chi connectivity index (χ0) is 20.9. The van der Waals surface area contributed by atoms with Gasteiger partial charge >= 0.3 is 0 Å². The number of amides is 1. The first-order valence-corrected chi connectivity index (χ1v) is 10.4. The molecule has 2 aliphatic heterocycles. The molecule has 2 aliphatic rings. The lowest BCUT2D eigenvalue weighted by molar-refractivity contribution is -0.117. The van der Waals surface area contributed by atoms with Gasteiger partial charge in [-0.25, -0.2) is 0 Å². The van der Waals surface area contributed by atoms with Crippen molar-refractivity contribution in [3.05, 3.63) is 53.6 Å². The standard InChI is InChI=1S/C24H27NO5/c1-16(2)24(18-6-8-20-22(15-18)30-13-12-29-20)25-23(26)9-5-17-4-7-19-21(14-17)28-11-3-10-27-19/h4-9,14-16,24H,3,10-13H2,1-2H3,(H,25,26)/b9-5+/t24-/m1/s1. The van der Waals surface area contributed by atoms with Crippen LogP contribution in [-0.4, -0.2) is 32.3 Å². The van der Waals surface area contributed by atoms with E-state index in [1.807, 2.05) is 36.4 Å². The Bertz CT molecular complexity index is 937. The van der Waals surface area contributed by atoms with Crippen LogP contribution in [0.15, 0.2) is 42.5 Å². The monoisotopic (exact) mass is 409 g/mol. The van der Waals surface area contributed by atoms with Crippen molar-refractivity contribution < 1.29 is 23.7 Å². The average molecular weight is 409 g/mol. The Hall–Kier alpha value is -3.15. The number of hydrogen-bond donors (Lipinski definition) is 1. The molecule has 158 valence electrons. The quantitative estimate of drug-likeness (QED) is 0.752. The fraction of sp³-hybridized carbons (Fsp3) is 0.375. The topological polar surface area (TPSA) is 66.0 Å². The lowest BCUT2D eigenvalue weighted by Crippen LogP contribution is -2.30. The molecule has 2 heterocycles. The maximum absolute atomic E-state index is 12.6. The van der Waals surface area contributed by atoms with Crippen LogP contribution in [0.1, 0.15) is 37.4 Å². The fourth-order valence-corrected chi connectivity index (χ4v) is 3.55. The summed E-state index contributed by atoms with van der Waals surface area (Å²) >= 11 is 0. The van der Waals surface area contributed by atoms with E-state index < -0.39 is 0 Å². The van der Waals surface area contributed by atoms with Gasteiger partial charge in [0.2, 0.25) is 5.91 Å². The molecule has 0 aliphatic carbocycles. The van der Waals surface area contributed by atoms with E-state index in [9.17, 15) is 4.79 Å². The zero-order valence-corrected chi connectivity index (χ0v) is 17.4. The molecule has 0 fully saturated rings. The van der Waals surface area contributed by atoms with Crippen molar-refractivity contribution in [1.82, 2.24) is 5.32 Å². The third-order valence-corrected chi connectivity index (χ3v) is 5.09. The SMILES string of the molecule is CC(C)[C@@H](NC(=O)/C=C/c1ccc2c(c1)OCCCO2)c1ccc2c(c1)OCCO2. The van der Waals surface area contributed by atoms with E-state index in [-0.39, 0.29) is 17.9 Å². The summed E-state index contributed by atoms with van der Waals surface area (Å²) in [6.07, 6.45) is 4.19. The summed E-state index contributed by atoms with van der Waals surface area (Å²) in [4.78, 5) is 12.6. The number of rotatable bonds is 5. The van der Waals surface area contributed by atoms with Crippen LogP contribution in [0.2, 0.25) is 0 Å². The Labute approximate surface area is 176 Å². The van der Waals surface area contributed by atoms with Crippen LogP contribution >= 0.6 is 0 Å². The average Bonchev–Trinajstić information content (AvgIpc) is 3.00. The van der Waals surface area contributed by atoms with Gasteiger partial charge in [0.1, 0.15) is 13.2 Å². The molecule has 1 amide bonds. The molecule has 4 rings (SSSR count). The van der Waals surface area contributed by atoms with Crippen LogP contribution in [0.5, 0.6) is 23.0 Å². The molecular formula is C24H27NO5. The van der Waals surface area contributed by atoms with E-state index in [0.717, 1.165) is 34.8 Å². The van der Waals surface area contributed by atoms with E-state index >= 15 is 0 Å². The molecule has 0 aromatic heterocycles. The summed E-state index contributed by atoms with van der Waals surface area (Å²) in [7, 11) is 0.